The molecule has 0 bridgehead atoms. The second-order valence-electron chi connectivity index (χ2n) is 3.63. The lowest BCUT2D eigenvalue weighted by Crippen LogP contribution is -2.34. The molecule has 0 heterocycles. The topological polar surface area (TPSA) is 67.8 Å². The molecule has 0 fully saturated rings. The van der Waals surface area contributed by atoms with Crippen LogP contribution < -0.4 is 10.1 Å². The van der Waals surface area contributed by atoms with Crippen LogP contribution in [0.2, 0.25) is 5.02 Å². The Hall–Kier alpha value is -1.30. The van der Waals surface area contributed by atoms with Crippen molar-refractivity contribution in [2.24, 2.45) is 0 Å². The van der Waals surface area contributed by atoms with E-state index < -0.39 is 6.10 Å². The SMILES string of the molecule is COC(=O)CNCC(O)COc1cccc(Cl)c1. The summed E-state index contributed by atoms with van der Waals surface area (Å²) in [4.78, 5) is 10.8. The molecule has 5 nitrogen and oxygen atoms in total. The highest BCUT2D eigenvalue weighted by Crippen LogP contribution is 2.17. The van der Waals surface area contributed by atoms with Gasteiger partial charge in [-0.05, 0) is 18.2 Å². The maximum absolute atomic E-state index is 10.8. The molecule has 2 N–H and O–H groups in total. The van der Waals surface area contributed by atoms with Crippen LogP contribution in [0.5, 0.6) is 5.75 Å². The van der Waals surface area contributed by atoms with Gasteiger partial charge in [0.05, 0.1) is 13.7 Å². The number of rotatable bonds is 7. The van der Waals surface area contributed by atoms with E-state index in [2.05, 4.69) is 10.1 Å². The summed E-state index contributed by atoms with van der Waals surface area (Å²) in [6.07, 6.45) is -0.714. The molecule has 0 saturated carbocycles. The zero-order chi connectivity index (χ0) is 13.4. The normalized spacial score (nSPS) is 11.9. The van der Waals surface area contributed by atoms with Crippen molar-refractivity contribution in [2.75, 3.05) is 26.8 Å². The van der Waals surface area contributed by atoms with Crippen LogP contribution in [0.15, 0.2) is 24.3 Å². The first-order valence-electron chi connectivity index (χ1n) is 5.46. The molecular formula is C12H16ClNO4. The van der Waals surface area contributed by atoms with Crippen LogP contribution in [0.3, 0.4) is 0 Å². The Kier molecular flexibility index (Phi) is 6.49. The van der Waals surface area contributed by atoms with Crippen LogP contribution in [0.4, 0.5) is 0 Å². The second-order valence-corrected chi connectivity index (χ2v) is 4.07. The standard InChI is InChI=1S/C12H16ClNO4/c1-17-12(16)7-14-6-10(15)8-18-11-4-2-3-9(13)5-11/h2-5,10,14-15H,6-8H2,1H3. The first kappa shape index (κ1) is 14.8. The Balaban J connectivity index is 2.20. The van der Waals surface area contributed by atoms with Gasteiger partial charge < -0.3 is 19.9 Å². The van der Waals surface area contributed by atoms with E-state index in [0.717, 1.165) is 0 Å². The van der Waals surface area contributed by atoms with Gasteiger partial charge in [-0.1, -0.05) is 17.7 Å². The second kappa shape index (κ2) is 7.92. The highest BCUT2D eigenvalue weighted by Gasteiger charge is 2.06. The van der Waals surface area contributed by atoms with E-state index in [1.165, 1.54) is 7.11 Å². The quantitative estimate of drug-likeness (QED) is 0.721. The monoisotopic (exact) mass is 273 g/mol. The number of halogens is 1. The van der Waals surface area contributed by atoms with E-state index in [0.29, 0.717) is 10.8 Å². The van der Waals surface area contributed by atoms with E-state index in [1.807, 2.05) is 0 Å². The summed E-state index contributed by atoms with van der Waals surface area (Å²) in [5.74, 6) is 0.215. The van der Waals surface area contributed by atoms with Crippen LogP contribution in [0, 0.1) is 0 Å². The molecule has 0 aliphatic heterocycles. The molecule has 1 aromatic rings. The van der Waals surface area contributed by atoms with Crippen molar-refractivity contribution in [3.05, 3.63) is 29.3 Å². The molecule has 0 aromatic heterocycles. The molecule has 1 rings (SSSR count). The number of carbonyl (C=O) groups is 1. The molecule has 0 aliphatic carbocycles. The smallest absolute Gasteiger partial charge is 0.319 e. The molecule has 1 unspecified atom stereocenters. The number of carbonyl (C=O) groups excluding carboxylic acids is 1. The third-order valence-corrected chi connectivity index (χ3v) is 2.35. The van der Waals surface area contributed by atoms with Crippen molar-refractivity contribution < 1.29 is 19.4 Å². The lowest BCUT2D eigenvalue weighted by atomic mass is 10.3. The van der Waals surface area contributed by atoms with E-state index in [9.17, 15) is 9.90 Å². The highest BCUT2D eigenvalue weighted by atomic mass is 35.5. The summed E-state index contributed by atoms with van der Waals surface area (Å²) in [6.45, 7) is 0.426. The number of esters is 1. The maximum atomic E-state index is 10.8. The largest absolute Gasteiger partial charge is 0.491 e. The number of benzene rings is 1. The number of hydrogen-bond donors (Lipinski definition) is 2. The Morgan fingerprint density at radius 2 is 2.33 bits per heavy atom. The molecule has 0 aliphatic rings. The third kappa shape index (κ3) is 5.86. The Bertz CT molecular complexity index is 386. The maximum Gasteiger partial charge on any atom is 0.319 e. The molecule has 0 radical (unpaired) electrons. The zero-order valence-electron chi connectivity index (χ0n) is 10.1. The molecular weight excluding hydrogens is 258 g/mol. The van der Waals surface area contributed by atoms with Gasteiger partial charge in [-0.3, -0.25) is 4.79 Å². The van der Waals surface area contributed by atoms with Gasteiger partial charge in [0, 0.05) is 11.6 Å². The van der Waals surface area contributed by atoms with Crippen LogP contribution >= 0.6 is 11.6 Å². The van der Waals surface area contributed by atoms with Gasteiger partial charge in [-0.25, -0.2) is 0 Å². The van der Waals surface area contributed by atoms with E-state index in [4.69, 9.17) is 16.3 Å². The average Bonchev–Trinajstić information content (AvgIpc) is 2.36. The number of aliphatic hydroxyl groups is 1. The minimum Gasteiger partial charge on any atom is -0.491 e. The van der Waals surface area contributed by atoms with Crippen LogP contribution in [-0.4, -0.2) is 44.0 Å². The van der Waals surface area contributed by atoms with Gasteiger partial charge in [0.25, 0.3) is 0 Å². The summed E-state index contributed by atoms with van der Waals surface area (Å²) in [5, 5.41) is 12.9. The number of ether oxygens (including phenoxy) is 2. The minimum atomic E-state index is -0.714. The van der Waals surface area contributed by atoms with Crippen molar-refractivity contribution in [3.63, 3.8) is 0 Å². The van der Waals surface area contributed by atoms with Crippen LogP contribution in [0.25, 0.3) is 0 Å². The average molecular weight is 274 g/mol. The molecule has 100 valence electrons. The Morgan fingerprint density at radius 3 is 3.00 bits per heavy atom. The number of methoxy groups -OCH3 is 1. The van der Waals surface area contributed by atoms with E-state index in [-0.39, 0.29) is 25.7 Å². The van der Waals surface area contributed by atoms with Gasteiger partial charge in [0.1, 0.15) is 18.5 Å². The van der Waals surface area contributed by atoms with Gasteiger partial charge in [0.15, 0.2) is 0 Å². The number of nitrogens with one attached hydrogen (secondary N) is 1. The summed E-state index contributed by atoms with van der Waals surface area (Å²) >= 11 is 5.79. The van der Waals surface area contributed by atoms with Gasteiger partial charge in [0.2, 0.25) is 0 Å². The fourth-order valence-corrected chi connectivity index (χ4v) is 1.40. The molecule has 0 amide bonds. The minimum absolute atomic E-state index is 0.0602. The van der Waals surface area contributed by atoms with Gasteiger partial charge in [-0.2, -0.15) is 0 Å². The molecule has 0 spiro atoms. The van der Waals surface area contributed by atoms with E-state index >= 15 is 0 Å². The predicted molar refractivity (Wildman–Crippen MR) is 67.8 cm³/mol. The van der Waals surface area contributed by atoms with Crippen LogP contribution in [-0.2, 0) is 9.53 Å². The van der Waals surface area contributed by atoms with Gasteiger partial charge >= 0.3 is 5.97 Å². The van der Waals surface area contributed by atoms with Crippen LogP contribution in [0.1, 0.15) is 0 Å². The van der Waals surface area contributed by atoms with Crippen molar-refractivity contribution in [1.29, 1.82) is 0 Å². The highest BCUT2D eigenvalue weighted by molar-refractivity contribution is 6.30. The number of hydrogen-bond acceptors (Lipinski definition) is 5. The van der Waals surface area contributed by atoms with Crippen molar-refractivity contribution in [2.45, 2.75) is 6.10 Å². The lowest BCUT2D eigenvalue weighted by molar-refractivity contribution is -0.139. The summed E-state index contributed by atoms with van der Waals surface area (Å²) in [7, 11) is 1.31. The Morgan fingerprint density at radius 1 is 1.56 bits per heavy atom. The lowest BCUT2D eigenvalue weighted by Gasteiger charge is -2.12. The fraction of sp³-hybridized carbons (Fsp3) is 0.417. The molecule has 6 heteroatoms. The van der Waals surface area contributed by atoms with E-state index in [1.54, 1.807) is 24.3 Å². The zero-order valence-corrected chi connectivity index (χ0v) is 10.8. The van der Waals surface area contributed by atoms with Crippen molar-refractivity contribution >= 4 is 17.6 Å². The molecule has 0 saturated heterocycles. The first-order valence-corrected chi connectivity index (χ1v) is 5.83. The van der Waals surface area contributed by atoms with Gasteiger partial charge in [-0.15, -0.1) is 0 Å². The predicted octanol–water partition coefficient (Wildman–Crippen LogP) is 0.842. The molecule has 18 heavy (non-hydrogen) atoms. The fourth-order valence-electron chi connectivity index (χ4n) is 1.22. The summed E-state index contributed by atoms with van der Waals surface area (Å²) in [5.41, 5.74) is 0. The summed E-state index contributed by atoms with van der Waals surface area (Å²) in [6, 6.07) is 6.92. The summed E-state index contributed by atoms with van der Waals surface area (Å²) < 4.78 is 9.79. The van der Waals surface area contributed by atoms with Crippen molar-refractivity contribution in [1.82, 2.24) is 5.32 Å². The first-order chi connectivity index (χ1) is 8.61. The number of aliphatic hydroxyl groups excluding tert-OH is 1. The third-order valence-electron chi connectivity index (χ3n) is 2.12. The Labute approximate surface area is 111 Å². The van der Waals surface area contributed by atoms with Crippen molar-refractivity contribution in [3.8, 4) is 5.75 Å². The molecule has 1 aromatic carbocycles. The molecule has 1 atom stereocenters.